The Morgan fingerprint density at radius 3 is 2.54 bits per heavy atom. The summed E-state index contributed by atoms with van der Waals surface area (Å²) in [6.45, 7) is 0.473. The van der Waals surface area contributed by atoms with Gasteiger partial charge in [0, 0.05) is 11.2 Å². The van der Waals surface area contributed by atoms with Crippen LogP contribution in [0.5, 0.6) is 5.75 Å². The summed E-state index contributed by atoms with van der Waals surface area (Å²) in [6.07, 6.45) is 1.69. The van der Waals surface area contributed by atoms with Gasteiger partial charge in [-0.3, -0.25) is 4.68 Å². The third-order valence-electron chi connectivity index (χ3n) is 3.69. The SMILES string of the molecule is COc1ccc(Cl)cc1NC(=S)Nc1nn(Cc2ccc(Cl)c(Cl)c2)cc1Cl. The van der Waals surface area contributed by atoms with Crippen molar-refractivity contribution in [1.82, 2.24) is 9.78 Å². The zero-order valence-electron chi connectivity index (χ0n) is 14.5. The molecule has 1 aromatic heterocycles. The summed E-state index contributed by atoms with van der Waals surface area (Å²) in [7, 11) is 1.56. The van der Waals surface area contributed by atoms with Crippen LogP contribution in [0, 0.1) is 0 Å². The Morgan fingerprint density at radius 2 is 1.82 bits per heavy atom. The summed E-state index contributed by atoms with van der Waals surface area (Å²) in [5.74, 6) is 1.02. The molecule has 0 saturated carbocycles. The molecule has 146 valence electrons. The van der Waals surface area contributed by atoms with E-state index in [0.29, 0.717) is 49.0 Å². The highest BCUT2D eigenvalue weighted by Crippen LogP contribution is 2.28. The minimum absolute atomic E-state index is 0.294. The monoisotopic (exact) mass is 474 g/mol. The number of methoxy groups -OCH3 is 1. The van der Waals surface area contributed by atoms with E-state index in [-0.39, 0.29) is 0 Å². The first kappa shape index (κ1) is 21.0. The van der Waals surface area contributed by atoms with Crippen molar-refractivity contribution >= 4 is 75.2 Å². The number of nitrogens with one attached hydrogen (secondary N) is 2. The van der Waals surface area contributed by atoms with Gasteiger partial charge in [-0.1, -0.05) is 52.5 Å². The number of halogens is 4. The lowest BCUT2D eigenvalue weighted by Gasteiger charge is -2.12. The first-order valence-electron chi connectivity index (χ1n) is 7.94. The van der Waals surface area contributed by atoms with Gasteiger partial charge in [0.15, 0.2) is 10.9 Å². The standard InChI is InChI=1S/C18H14Cl4N4OS/c1-27-16-5-3-11(19)7-15(16)23-18(28)24-17-14(22)9-26(25-17)8-10-2-4-12(20)13(21)6-10/h2-7,9H,8H2,1H3,(H2,23,24,25,28). The van der Waals surface area contributed by atoms with Crippen LogP contribution in [0.4, 0.5) is 11.5 Å². The highest BCUT2D eigenvalue weighted by atomic mass is 35.5. The van der Waals surface area contributed by atoms with Crippen LogP contribution in [-0.4, -0.2) is 22.0 Å². The largest absolute Gasteiger partial charge is 0.495 e. The molecule has 5 nitrogen and oxygen atoms in total. The molecule has 0 aliphatic heterocycles. The van der Waals surface area contributed by atoms with Gasteiger partial charge in [0.2, 0.25) is 0 Å². The number of thiocarbonyl (C=S) groups is 1. The molecule has 1 heterocycles. The van der Waals surface area contributed by atoms with Crippen molar-refractivity contribution in [3.05, 3.63) is 68.2 Å². The highest BCUT2D eigenvalue weighted by molar-refractivity contribution is 7.80. The van der Waals surface area contributed by atoms with Gasteiger partial charge < -0.3 is 15.4 Å². The molecule has 10 heteroatoms. The van der Waals surface area contributed by atoms with Crippen LogP contribution in [0.1, 0.15) is 5.56 Å². The first-order chi connectivity index (χ1) is 13.4. The Labute approximate surface area is 187 Å². The van der Waals surface area contributed by atoms with Crippen LogP contribution in [0.2, 0.25) is 20.1 Å². The van der Waals surface area contributed by atoms with Gasteiger partial charge in [0.1, 0.15) is 10.8 Å². The van der Waals surface area contributed by atoms with Crippen molar-refractivity contribution < 1.29 is 4.74 Å². The summed E-state index contributed by atoms with van der Waals surface area (Å²) in [4.78, 5) is 0. The average molecular weight is 476 g/mol. The van der Waals surface area contributed by atoms with Crippen molar-refractivity contribution in [1.29, 1.82) is 0 Å². The van der Waals surface area contributed by atoms with E-state index < -0.39 is 0 Å². The van der Waals surface area contributed by atoms with Crippen molar-refractivity contribution in [3.8, 4) is 5.75 Å². The van der Waals surface area contributed by atoms with Crippen LogP contribution in [-0.2, 0) is 6.54 Å². The van der Waals surface area contributed by atoms with Crippen LogP contribution < -0.4 is 15.4 Å². The number of anilines is 2. The van der Waals surface area contributed by atoms with E-state index >= 15 is 0 Å². The predicted molar refractivity (Wildman–Crippen MR) is 121 cm³/mol. The van der Waals surface area contributed by atoms with Crippen LogP contribution >= 0.6 is 58.6 Å². The molecule has 3 rings (SSSR count). The Morgan fingerprint density at radius 1 is 1.04 bits per heavy atom. The minimum atomic E-state index is 0.294. The Hall–Kier alpha value is -1.70. The fraction of sp³-hybridized carbons (Fsp3) is 0.111. The highest BCUT2D eigenvalue weighted by Gasteiger charge is 2.11. The predicted octanol–water partition coefficient (Wildman–Crippen LogP) is 6.36. The molecule has 0 fully saturated rings. The number of ether oxygens (including phenoxy) is 1. The van der Waals surface area contributed by atoms with Gasteiger partial charge in [-0.15, -0.1) is 0 Å². The fourth-order valence-corrected chi connectivity index (χ4v) is 3.32. The minimum Gasteiger partial charge on any atom is -0.495 e. The smallest absolute Gasteiger partial charge is 0.176 e. The number of nitrogens with zero attached hydrogens (tertiary/aromatic N) is 2. The van der Waals surface area contributed by atoms with E-state index in [1.807, 2.05) is 6.07 Å². The van der Waals surface area contributed by atoms with Gasteiger partial charge >= 0.3 is 0 Å². The van der Waals surface area contributed by atoms with Gasteiger partial charge in [-0.05, 0) is 48.1 Å². The number of aromatic nitrogens is 2. The zero-order valence-corrected chi connectivity index (χ0v) is 18.3. The summed E-state index contributed by atoms with van der Waals surface area (Å²) >= 11 is 29.6. The van der Waals surface area contributed by atoms with Gasteiger partial charge in [-0.25, -0.2) is 0 Å². The number of rotatable bonds is 5. The molecule has 0 radical (unpaired) electrons. The maximum atomic E-state index is 6.27. The molecule has 0 atom stereocenters. The van der Waals surface area contributed by atoms with Crippen LogP contribution in [0.15, 0.2) is 42.6 Å². The van der Waals surface area contributed by atoms with E-state index in [1.165, 1.54) is 0 Å². The number of hydrogen-bond acceptors (Lipinski definition) is 3. The maximum absolute atomic E-state index is 6.27. The molecule has 0 unspecified atom stereocenters. The second-order valence-electron chi connectivity index (χ2n) is 5.70. The lowest BCUT2D eigenvalue weighted by molar-refractivity contribution is 0.417. The fourth-order valence-electron chi connectivity index (χ4n) is 2.43. The Balaban J connectivity index is 1.70. The normalized spacial score (nSPS) is 10.6. The molecule has 0 aliphatic carbocycles. The quantitative estimate of drug-likeness (QED) is 0.420. The summed E-state index contributed by atoms with van der Waals surface area (Å²) in [5.41, 5.74) is 1.56. The third kappa shape index (κ3) is 5.21. The number of hydrogen-bond donors (Lipinski definition) is 2. The van der Waals surface area contributed by atoms with Crippen molar-refractivity contribution in [2.24, 2.45) is 0 Å². The van der Waals surface area contributed by atoms with Crippen molar-refractivity contribution in [2.45, 2.75) is 6.54 Å². The Bertz CT molecular complexity index is 1020. The van der Waals surface area contributed by atoms with Crippen molar-refractivity contribution in [3.63, 3.8) is 0 Å². The van der Waals surface area contributed by atoms with Gasteiger partial charge in [0.25, 0.3) is 0 Å². The molecule has 0 saturated heterocycles. The Kier molecular flexibility index (Phi) is 6.91. The van der Waals surface area contributed by atoms with Crippen molar-refractivity contribution in [2.75, 3.05) is 17.7 Å². The molecule has 2 aromatic carbocycles. The molecule has 0 spiro atoms. The average Bonchev–Trinajstić information content (AvgIpc) is 2.97. The molecule has 3 aromatic rings. The first-order valence-corrected chi connectivity index (χ1v) is 9.86. The molecule has 2 N–H and O–H groups in total. The van der Waals surface area contributed by atoms with E-state index in [2.05, 4.69) is 15.7 Å². The van der Waals surface area contributed by atoms with E-state index in [1.54, 1.807) is 48.3 Å². The van der Waals surface area contributed by atoms with E-state index in [0.717, 1.165) is 5.56 Å². The molecule has 0 bridgehead atoms. The summed E-state index contributed by atoms with van der Waals surface area (Å²) in [6, 6.07) is 10.6. The summed E-state index contributed by atoms with van der Waals surface area (Å²) in [5, 5.41) is 12.6. The van der Waals surface area contributed by atoms with E-state index in [9.17, 15) is 0 Å². The lowest BCUT2D eigenvalue weighted by Crippen LogP contribution is -2.20. The topological polar surface area (TPSA) is 51.1 Å². The molecular formula is C18H14Cl4N4OS. The van der Waals surface area contributed by atoms with Gasteiger partial charge in [-0.2, -0.15) is 5.10 Å². The maximum Gasteiger partial charge on any atom is 0.176 e. The summed E-state index contributed by atoms with van der Waals surface area (Å²) < 4.78 is 6.96. The van der Waals surface area contributed by atoms with Crippen LogP contribution in [0.25, 0.3) is 0 Å². The second kappa shape index (κ2) is 9.20. The molecular weight excluding hydrogens is 462 g/mol. The van der Waals surface area contributed by atoms with Crippen LogP contribution in [0.3, 0.4) is 0 Å². The van der Waals surface area contributed by atoms with E-state index in [4.69, 9.17) is 63.4 Å². The lowest BCUT2D eigenvalue weighted by atomic mass is 10.2. The van der Waals surface area contributed by atoms with Gasteiger partial charge in [0.05, 0.1) is 29.4 Å². The molecule has 28 heavy (non-hydrogen) atoms. The third-order valence-corrected chi connectivity index (χ3v) is 5.14. The zero-order chi connectivity index (χ0) is 20.3. The molecule has 0 aliphatic rings. The molecule has 0 amide bonds. The number of benzene rings is 2. The second-order valence-corrected chi connectivity index (χ2v) is 7.76.